The van der Waals surface area contributed by atoms with E-state index >= 15 is 0 Å². The van der Waals surface area contributed by atoms with Gasteiger partial charge in [-0.15, -0.1) is 10.2 Å². The standard InChI is InChI=1S/C22H29N7/c1-5-23-19-9-8-17(22-18(19)13-24-27-22)20-10-11-21(26-25-20)28-29-15(4)6-7-16(29)12-14(2)3/h5,8-11,13-16,23H,1,6-7,12H2,2-4H3,(H,24,27)(H,26,28). The monoisotopic (exact) mass is 391 g/mol. The van der Waals surface area contributed by atoms with Crippen LogP contribution in [0.4, 0.5) is 11.5 Å². The van der Waals surface area contributed by atoms with Gasteiger partial charge in [-0.05, 0) is 62.6 Å². The van der Waals surface area contributed by atoms with E-state index in [-0.39, 0.29) is 0 Å². The molecule has 152 valence electrons. The third-order valence-corrected chi connectivity index (χ3v) is 5.59. The molecular weight excluding hydrogens is 362 g/mol. The van der Waals surface area contributed by atoms with Crippen LogP contribution in [0.1, 0.15) is 40.0 Å². The van der Waals surface area contributed by atoms with E-state index < -0.39 is 0 Å². The number of anilines is 2. The van der Waals surface area contributed by atoms with Crippen molar-refractivity contribution in [1.82, 2.24) is 25.4 Å². The molecule has 1 aromatic carbocycles. The lowest BCUT2D eigenvalue weighted by Gasteiger charge is -2.30. The van der Waals surface area contributed by atoms with Crippen LogP contribution in [0.15, 0.2) is 43.2 Å². The topological polar surface area (TPSA) is 81.8 Å². The number of hydrogen-bond donors (Lipinski definition) is 3. The molecular formula is C22H29N7. The quantitative estimate of drug-likeness (QED) is 0.537. The molecule has 3 aromatic rings. The summed E-state index contributed by atoms with van der Waals surface area (Å²) in [4.78, 5) is 0. The fourth-order valence-corrected chi connectivity index (χ4v) is 4.20. The van der Waals surface area contributed by atoms with Gasteiger partial charge in [0.25, 0.3) is 0 Å². The summed E-state index contributed by atoms with van der Waals surface area (Å²) in [6.07, 6.45) is 7.08. The Balaban J connectivity index is 1.56. The number of nitrogens with zero attached hydrogens (tertiary/aromatic N) is 4. The van der Waals surface area contributed by atoms with E-state index in [0.29, 0.717) is 18.0 Å². The van der Waals surface area contributed by atoms with Crippen LogP contribution >= 0.6 is 0 Å². The first-order valence-electron chi connectivity index (χ1n) is 10.3. The smallest absolute Gasteiger partial charge is 0.163 e. The second-order valence-corrected chi connectivity index (χ2v) is 8.20. The number of hydrogen-bond acceptors (Lipinski definition) is 6. The summed E-state index contributed by atoms with van der Waals surface area (Å²) < 4.78 is 0. The van der Waals surface area contributed by atoms with E-state index in [1.165, 1.54) is 19.3 Å². The molecule has 1 aliphatic heterocycles. The molecule has 0 bridgehead atoms. The molecule has 7 heteroatoms. The highest BCUT2D eigenvalue weighted by atomic mass is 15.6. The van der Waals surface area contributed by atoms with Crippen LogP contribution < -0.4 is 10.7 Å². The molecule has 3 N–H and O–H groups in total. The van der Waals surface area contributed by atoms with E-state index in [1.54, 1.807) is 12.4 Å². The zero-order valence-corrected chi connectivity index (χ0v) is 17.3. The van der Waals surface area contributed by atoms with E-state index in [2.05, 4.69) is 63.5 Å². The summed E-state index contributed by atoms with van der Waals surface area (Å²) >= 11 is 0. The normalized spacial score (nSPS) is 19.7. The number of rotatable bonds is 7. The molecule has 0 spiro atoms. The zero-order chi connectivity index (χ0) is 20.4. The lowest BCUT2D eigenvalue weighted by molar-refractivity contribution is 0.222. The minimum Gasteiger partial charge on any atom is -0.362 e. The van der Waals surface area contributed by atoms with E-state index in [4.69, 9.17) is 0 Å². The second kappa shape index (κ2) is 8.21. The Labute approximate surface area is 171 Å². The fourth-order valence-electron chi connectivity index (χ4n) is 4.20. The molecule has 2 unspecified atom stereocenters. The van der Waals surface area contributed by atoms with Crippen molar-refractivity contribution in [3.8, 4) is 11.3 Å². The van der Waals surface area contributed by atoms with Gasteiger partial charge in [0.15, 0.2) is 5.82 Å². The summed E-state index contributed by atoms with van der Waals surface area (Å²) in [5.41, 5.74) is 7.16. The van der Waals surface area contributed by atoms with Gasteiger partial charge in [-0.25, -0.2) is 5.01 Å². The van der Waals surface area contributed by atoms with Crippen molar-refractivity contribution in [3.63, 3.8) is 0 Å². The van der Waals surface area contributed by atoms with Gasteiger partial charge in [0.2, 0.25) is 0 Å². The maximum Gasteiger partial charge on any atom is 0.163 e. The molecule has 1 saturated heterocycles. The predicted octanol–water partition coefficient (Wildman–Crippen LogP) is 4.80. The molecule has 0 amide bonds. The highest BCUT2D eigenvalue weighted by molar-refractivity contribution is 6.00. The number of nitrogens with one attached hydrogen (secondary N) is 3. The van der Waals surface area contributed by atoms with Crippen molar-refractivity contribution < 1.29 is 0 Å². The Morgan fingerprint density at radius 2 is 2.10 bits per heavy atom. The summed E-state index contributed by atoms with van der Waals surface area (Å²) in [5.74, 6) is 1.46. The Morgan fingerprint density at radius 3 is 2.83 bits per heavy atom. The third-order valence-electron chi connectivity index (χ3n) is 5.59. The molecule has 4 rings (SSSR count). The van der Waals surface area contributed by atoms with Gasteiger partial charge >= 0.3 is 0 Å². The SMILES string of the molecule is C=CNc1ccc(-c2ccc(NN3C(C)CCC3CC(C)C)nn2)c2[nH]ncc12. The Kier molecular flexibility index (Phi) is 5.49. The molecule has 0 radical (unpaired) electrons. The first-order valence-corrected chi connectivity index (χ1v) is 10.3. The van der Waals surface area contributed by atoms with Crippen LogP contribution in [0, 0.1) is 5.92 Å². The average molecular weight is 392 g/mol. The van der Waals surface area contributed by atoms with Gasteiger partial charge in [0, 0.05) is 28.7 Å². The van der Waals surface area contributed by atoms with Crippen molar-refractivity contribution >= 4 is 22.4 Å². The Morgan fingerprint density at radius 1 is 1.24 bits per heavy atom. The fraction of sp³-hybridized carbons (Fsp3) is 0.409. The lowest BCUT2D eigenvalue weighted by Crippen LogP contribution is -2.40. The summed E-state index contributed by atoms with van der Waals surface area (Å²) in [5, 5.41) is 22.7. The molecule has 2 atom stereocenters. The van der Waals surface area contributed by atoms with Gasteiger partial charge in [0.05, 0.1) is 17.4 Å². The molecule has 7 nitrogen and oxygen atoms in total. The summed E-state index contributed by atoms with van der Waals surface area (Å²) in [6, 6.07) is 9.06. The number of aromatic nitrogens is 4. The van der Waals surface area contributed by atoms with Gasteiger partial charge in [0.1, 0.15) is 0 Å². The van der Waals surface area contributed by atoms with Crippen LogP contribution in [0.25, 0.3) is 22.2 Å². The Bertz CT molecular complexity index is 976. The second-order valence-electron chi connectivity index (χ2n) is 8.20. The number of H-pyrrole nitrogens is 1. The number of benzene rings is 1. The highest BCUT2D eigenvalue weighted by Crippen LogP contribution is 2.32. The number of fused-ring (bicyclic) bond motifs is 1. The third kappa shape index (κ3) is 3.96. The highest BCUT2D eigenvalue weighted by Gasteiger charge is 2.31. The molecule has 0 aliphatic carbocycles. The minimum absolute atomic E-state index is 0.495. The first kappa shape index (κ1) is 19.4. The van der Waals surface area contributed by atoms with Gasteiger partial charge < -0.3 is 10.7 Å². The molecule has 0 saturated carbocycles. The van der Waals surface area contributed by atoms with Crippen LogP contribution in [-0.4, -0.2) is 37.5 Å². The van der Waals surface area contributed by atoms with E-state index in [0.717, 1.165) is 33.7 Å². The summed E-state index contributed by atoms with van der Waals surface area (Å²) in [6.45, 7) is 10.6. The maximum atomic E-state index is 4.48. The zero-order valence-electron chi connectivity index (χ0n) is 17.3. The molecule has 29 heavy (non-hydrogen) atoms. The molecule has 3 heterocycles. The van der Waals surface area contributed by atoms with Crippen molar-refractivity contribution in [2.75, 3.05) is 10.7 Å². The van der Waals surface area contributed by atoms with Crippen LogP contribution in [0.3, 0.4) is 0 Å². The van der Waals surface area contributed by atoms with Gasteiger partial charge in [-0.3, -0.25) is 5.10 Å². The van der Waals surface area contributed by atoms with Crippen LogP contribution in [0.2, 0.25) is 0 Å². The number of hydrazine groups is 1. The van der Waals surface area contributed by atoms with Crippen molar-refractivity contribution in [3.05, 3.63) is 43.2 Å². The van der Waals surface area contributed by atoms with Crippen LogP contribution in [0.5, 0.6) is 0 Å². The predicted molar refractivity (Wildman–Crippen MR) is 118 cm³/mol. The largest absolute Gasteiger partial charge is 0.362 e. The van der Waals surface area contributed by atoms with Gasteiger partial charge in [-0.1, -0.05) is 20.4 Å². The van der Waals surface area contributed by atoms with Crippen LogP contribution in [-0.2, 0) is 0 Å². The first-order chi connectivity index (χ1) is 14.1. The number of aromatic amines is 1. The lowest BCUT2D eigenvalue weighted by atomic mass is 10.0. The maximum absolute atomic E-state index is 4.48. The Hall–Kier alpha value is -2.93. The van der Waals surface area contributed by atoms with E-state index in [9.17, 15) is 0 Å². The van der Waals surface area contributed by atoms with Gasteiger partial charge in [-0.2, -0.15) is 5.10 Å². The minimum atomic E-state index is 0.495. The summed E-state index contributed by atoms with van der Waals surface area (Å²) in [7, 11) is 0. The molecule has 2 aromatic heterocycles. The molecule has 1 fully saturated rings. The van der Waals surface area contributed by atoms with E-state index in [1.807, 2.05) is 24.3 Å². The van der Waals surface area contributed by atoms with Crippen molar-refractivity contribution in [1.29, 1.82) is 0 Å². The average Bonchev–Trinajstić information content (AvgIpc) is 3.32. The van der Waals surface area contributed by atoms with Crippen molar-refractivity contribution in [2.24, 2.45) is 5.92 Å². The van der Waals surface area contributed by atoms with Crippen molar-refractivity contribution in [2.45, 2.75) is 52.1 Å². The molecule has 1 aliphatic rings.